The summed E-state index contributed by atoms with van der Waals surface area (Å²) in [5.41, 5.74) is 3.72. The minimum atomic E-state index is -4.67. The lowest BCUT2D eigenvalue weighted by molar-refractivity contribution is -0.240. The van der Waals surface area contributed by atoms with Crippen LogP contribution < -0.4 is 5.73 Å². The molecule has 112 valence electrons. The molecule has 3 N–H and O–H groups in total. The van der Waals surface area contributed by atoms with Gasteiger partial charge in [-0.05, 0) is 18.2 Å². The fourth-order valence-corrected chi connectivity index (χ4v) is 2.72. The molecule has 0 amide bonds. The molecule has 0 saturated carbocycles. The average Bonchev–Trinajstić information content (AvgIpc) is 2.71. The van der Waals surface area contributed by atoms with Crippen molar-refractivity contribution >= 4 is 15.9 Å². The molecule has 1 aliphatic rings. The van der Waals surface area contributed by atoms with Crippen molar-refractivity contribution < 1.29 is 27.4 Å². The van der Waals surface area contributed by atoms with E-state index in [0.717, 1.165) is 6.07 Å². The fourth-order valence-electron chi connectivity index (χ4n) is 2.36. The van der Waals surface area contributed by atoms with Crippen molar-refractivity contribution in [2.45, 2.75) is 24.4 Å². The second-order valence-electron chi connectivity index (χ2n) is 4.74. The third-order valence-corrected chi connectivity index (χ3v) is 3.77. The van der Waals surface area contributed by atoms with Crippen molar-refractivity contribution in [2.75, 3.05) is 6.61 Å². The van der Waals surface area contributed by atoms with Crippen LogP contribution in [-0.2, 0) is 10.5 Å². The van der Waals surface area contributed by atoms with Gasteiger partial charge in [0.1, 0.15) is 11.5 Å². The standard InChI is InChI=1S/C12H12BrF4NO2/c13-7-1-2-9(14)8(3-7)11(18)4-6(5-19)10(20-11)12(15,16)17/h1-3,6,10,19H,4-5,18H2/t6-,10+,11-/m1/s1. The molecule has 0 aliphatic carbocycles. The Bertz CT molecular complexity index is 511. The topological polar surface area (TPSA) is 55.5 Å². The Morgan fingerprint density at radius 2 is 2.10 bits per heavy atom. The summed E-state index contributed by atoms with van der Waals surface area (Å²) in [6, 6.07) is 3.77. The second-order valence-corrected chi connectivity index (χ2v) is 5.66. The number of benzene rings is 1. The number of nitrogens with two attached hydrogens (primary N) is 1. The van der Waals surface area contributed by atoms with Gasteiger partial charge in [-0.15, -0.1) is 0 Å². The van der Waals surface area contributed by atoms with Crippen LogP contribution in [0.1, 0.15) is 12.0 Å². The van der Waals surface area contributed by atoms with E-state index in [1.165, 1.54) is 12.1 Å². The van der Waals surface area contributed by atoms with Crippen LogP contribution >= 0.6 is 15.9 Å². The summed E-state index contributed by atoms with van der Waals surface area (Å²) < 4.78 is 57.7. The van der Waals surface area contributed by atoms with Gasteiger partial charge in [-0.3, -0.25) is 5.73 Å². The van der Waals surface area contributed by atoms with Crippen LogP contribution in [0.5, 0.6) is 0 Å². The summed E-state index contributed by atoms with van der Waals surface area (Å²) in [5, 5.41) is 9.06. The molecule has 0 unspecified atom stereocenters. The summed E-state index contributed by atoms with van der Waals surface area (Å²) in [6.45, 7) is -0.737. The predicted octanol–water partition coefficient (Wildman–Crippen LogP) is 2.66. The average molecular weight is 358 g/mol. The molecule has 0 aromatic heterocycles. The van der Waals surface area contributed by atoms with Gasteiger partial charge in [0.15, 0.2) is 6.10 Å². The Balaban J connectivity index is 2.39. The Labute approximate surface area is 120 Å². The van der Waals surface area contributed by atoms with Crippen LogP contribution in [0.3, 0.4) is 0 Å². The van der Waals surface area contributed by atoms with Gasteiger partial charge in [0, 0.05) is 29.0 Å². The lowest BCUT2D eigenvalue weighted by atomic mass is 9.93. The van der Waals surface area contributed by atoms with E-state index < -0.39 is 36.3 Å². The van der Waals surface area contributed by atoms with Crippen LogP contribution in [0.4, 0.5) is 17.6 Å². The first-order valence-corrected chi connectivity index (χ1v) is 6.56. The predicted molar refractivity (Wildman–Crippen MR) is 66.1 cm³/mol. The summed E-state index contributed by atoms with van der Waals surface area (Å²) in [6.07, 6.45) is -7.20. The van der Waals surface area contributed by atoms with Gasteiger partial charge in [-0.1, -0.05) is 15.9 Å². The first-order valence-electron chi connectivity index (χ1n) is 5.77. The van der Waals surface area contributed by atoms with E-state index in [1.807, 2.05) is 0 Å². The third-order valence-electron chi connectivity index (χ3n) is 3.27. The van der Waals surface area contributed by atoms with Crippen molar-refractivity contribution in [1.29, 1.82) is 0 Å². The smallest absolute Gasteiger partial charge is 0.396 e. The number of ether oxygens (including phenoxy) is 1. The maximum absolute atomic E-state index is 13.8. The summed E-state index contributed by atoms with van der Waals surface area (Å²) in [4.78, 5) is 0. The van der Waals surface area contributed by atoms with E-state index >= 15 is 0 Å². The van der Waals surface area contributed by atoms with Crippen molar-refractivity contribution in [1.82, 2.24) is 0 Å². The highest BCUT2D eigenvalue weighted by atomic mass is 79.9. The maximum Gasteiger partial charge on any atom is 0.415 e. The maximum atomic E-state index is 13.8. The second kappa shape index (κ2) is 5.25. The molecule has 1 aliphatic heterocycles. The molecule has 0 spiro atoms. The molecule has 0 radical (unpaired) electrons. The Morgan fingerprint density at radius 1 is 1.45 bits per heavy atom. The highest BCUT2D eigenvalue weighted by Gasteiger charge is 2.56. The Morgan fingerprint density at radius 3 is 2.60 bits per heavy atom. The van der Waals surface area contributed by atoms with Gasteiger partial charge in [-0.2, -0.15) is 13.2 Å². The molecule has 3 nitrogen and oxygen atoms in total. The number of alkyl halides is 3. The molecular weight excluding hydrogens is 346 g/mol. The molecule has 1 saturated heterocycles. The normalized spacial score (nSPS) is 30.8. The van der Waals surface area contributed by atoms with Crippen molar-refractivity contribution in [3.8, 4) is 0 Å². The first-order chi connectivity index (χ1) is 9.17. The third kappa shape index (κ3) is 2.83. The summed E-state index contributed by atoms with van der Waals surface area (Å²) in [7, 11) is 0. The molecule has 8 heteroatoms. The van der Waals surface area contributed by atoms with Gasteiger partial charge in [0.05, 0.1) is 0 Å². The lowest BCUT2D eigenvalue weighted by Crippen LogP contribution is -2.40. The molecule has 20 heavy (non-hydrogen) atoms. The zero-order valence-corrected chi connectivity index (χ0v) is 11.7. The number of hydrogen-bond donors (Lipinski definition) is 2. The molecule has 2 rings (SSSR count). The fraction of sp³-hybridized carbons (Fsp3) is 0.500. The number of aliphatic hydroxyl groups is 1. The number of hydrogen-bond acceptors (Lipinski definition) is 3. The summed E-state index contributed by atoms with van der Waals surface area (Å²) in [5.74, 6) is -1.98. The molecule has 1 aromatic carbocycles. The quantitative estimate of drug-likeness (QED) is 0.800. The van der Waals surface area contributed by atoms with Gasteiger partial charge < -0.3 is 9.84 Å². The van der Waals surface area contributed by atoms with E-state index in [-0.39, 0.29) is 12.0 Å². The van der Waals surface area contributed by atoms with Crippen LogP contribution in [0, 0.1) is 11.7 Å². The molecule has 0 bridgehead atoms. The largest absolute Gasteiger partial charge is 0.415 e. The lowest BCUT2D eigenvalue weighted by Gasteiger charge is -2.26. The molecule has 1 heterocycles. The highest BCUT2D eigenvalue weighted by molar-refractivity contribution is 9.10. The number of rotatable bonds is 2. The van der Waals surface area contributed by atoms with E-state index in [1.54, 1.807) is 0 Å². The van der Waals surface area contributed by atoms with Crippen molar-refractivity contribution in [3.63, 3.8) is 0 Å². The highest BCUT2D eigenvalue weighted by Crippen LogP contribution is 2.45. The summed E-state index contributed by atoms with van der Waals surface area (Å²) >= 11 is 3.10. The number of halogens is 5. The zero-order chi connectivity index (χ0) is 15.1. The Hall–Kier alpha value is -0.700. The van der Waals surface area contributed by atoms with Gasteiger partial charge in [0.2, 0.25) is 0 Å². The minimum Gasteiger partial charge on any atom is -0.396 e. The number of aliphatic hydroxyl groups excluding tert-OH is 1. The van der Waals surface area contributed by atoms with E-state index in [4.69, 9.17) is 15.6 Å². The van der Waals surface area contributed by atoms with Gasteiger partial charge >= 0.3 is 6.18 Å². The van der Waals surface area contributed by atoms with Gasteiger partial charge in [0.25, 0.3) is 0 Å². The van der Waals surface area contributed by atoms with Crippen LogP contribution in [-0.4, -0.2) is 24.0 Å². The molecular formula is C12H12BrF4NO2. The zero-order valence-electron chi connectivity index (χ0n) is 10.1. The first kappa shape index (κ1) is 15.7. The van der Waals surface area contributed by atoms with Crippen molar-refractivity contribution in [2.24, 2.45) is 11.7 Å². The SMILES string of the molecule is N[C@]1(c2cc(Br)ccc2F)C[C@H](CO)[C@@H](C(F)(F)F)O1. The van der Waals surface area contributed by atoms with Crippen LogP contribution in [0.15, 0.2) is 22.7 Å². The van der Waals surface area contributed by atoms with E-state index in [0.29, 0.717) is 4.47 Å². The van der Waals surface area contributed by atoms with E-state index in [2.05, 4.69) is 15.9 Å². The van der Waals surface area contributed by atoms with Gasteiger partial charge in [-0.25, -0.2) is 4.39 Å². The van der Waals surface area contributed by atoms with Crippen LogP contribution in [0.2, 0.25) is 0 Å². The monoisotopic (exact) mass is 357 g/mol. The minimum absolute atomic E-state index is 0.169. The van der Waals surface area contributed by atoms with Crippen LogP contribution in [0.25, 0.3) is 0 Å². The van der Waals surface area contributed by atoms with E-state index in [9.17, 15) is 17.6 Å². The van der Waals surface area contributed by atoms with Crippen molar-refractivity contribution in [3.05, 3.63) is 34.1 Å². The molecule has 1 aromatic rings. The molecule has 1 fully saturated rings. The molecule has 3 atom stereocenters. The Kier molecular flexibility index (Phi) is 4.12.